The summed E-state index contributed by atoms with van der Waals surface area (Å²) in [5.74, 6) is 1.93. The van der Waals surface area contributed by atoms with Crippen molar-refractivity contribution in [2.75, 3.05) is 0 Å². The van der Waals surface area contributed by atoms with Gasteiger partial charge >= 0.3 is 0 Å². The van der Waals surface area contributed by atoms with Gasteiger partial charge in [-0.3, -0.25) is 0 Å². The van der Waals surface area contributed by atoms with E-state index in [-0.39, 0.29) is 0 Å². The van der Waals surface area contributed by atoms with E-state index in [1.807, 2.05) is 0 Å². The molecule has 1 unspecified atom stereocenters. The summed E-state index contributed by atoms with van der Waals surface area (Å²) in [6.07, 6.45) is 10.4. The number of fused-ring (bicyclic) bond motifs is 1. The first-order valence-corrected chi connectivity index (χ1v) is 4.86. The zero-order valence-corrected chi connectivity index (χ0v) is 6.79. The molecule has 3 aliphatic rings. The average molecular weight is 149 g/mol. The van der Waals surface area contributed by atoms with Crippen LogP contribution in [0.25, 0.3) is 0 Å². The van der Waals surface area contributed by atoms with Crippen molar-refractivity contribution in [2.45, 2.75) is 37.8 Å². The van der Waals surface area contributed by atoms with Crippen LogP contribution in [0.15, 0.2) is 12.2 Å². The molecule has 0 radical (unpaired) electrons. The van der Waals surface area contributed by atoms with Crippen molar-refractivity contribution >= 4 is 0 Å². The lowest BCUT2D eigenvalue weighted by molar-refractivity contribution is 0.158. The van der Waals surface area contributed by atoms with E-state index in [2.05, 4.69) is 17.5 Å². The summed E-state index contributed by atoms with van der Waals surface area (Å²) < 4.78 is 0. The largest absolute Gasteiger partial charge is 0.311 e. The molecule has 60 valence electrons. The highest BCUT2D eigenvalue weighted by Gasteiger charge is 2.42. The number of allylic oxidation sites excluding steroid dienone is 2. The Morgan fingerprint density at radius 1 is 1.27 bits per heavy atom. The monoisotopic (exact) mass is 149 g/mol. The molecule has 2 fully saturated rings. The molecule has 0 aromatic heterocycles. The molecule has 11 heavy (non-hydrogen) atoms. The SMILES string of the molecule is C1=CC2C[C@H](NC3CC3)[C@@H]2C1. The van der Waals surface area contributed by atoms with Crippen LogP contribution in [0, 0.1) is 11.8 Å². The van der Waals surface area contributed by atoms with Gasteiger partial charge in [-0.1, -0.05) is 12.2 Å². The molecular formula is C10H15N. The van der Waals surface area contributed by atoms with Crippen LogP contribution >= 0.6 is 0 Å². The zero-order valence-electron chi connectivity index (χ0n) is 6.79. The van der Waals surface area contributed by atoms with Crippen LogP contribution in [-0.4, -0.2) is 12.1 Å². The molecule has 0 heterocycles. The Balaban J connectivity index is 1.58. The minimum atomic E-state index is 0.877. The third-order valence-corrected chi connectivity index (χ3v) is 3.41. The summed E-state index contributed by atoms with van der Waals surface area (Å²) in [4.78, 5) is 0. The smallest absolute Gasteiger partial charge is 0.0112 e. The van der Waals surface area contributed by atoms with Crippen molar-refractivity contribution in [2.24, 2.45) is 11.8 Å². The lowest BCUT2D eigenvalue weighted by Gasteiger charge is -2.41. The van der Waals surface area contributed by atoms with E-state index in [4.69, 9.17) is 0 Å². The molecule has 0 bridgehead atoms. The maximum atomic E-state index is 3.72. The van der Waals surface area contributed by atoms with Crippen LogP contribution in [0.2, 0.25) is 0 Å². The van der Waals surface area contributed by atoms with E-state index >= 15 is 0 Å². The summed E-state index contributed by atoms with van der Waals surface area (Å²) in [5, 5.41) is 3.72. The second-order valence-electron chi connectivity index (χ2n) is 4.27. The normalized spacial score (nSPS) is 47.1. The molecule has 3 atom stereocenters. The summed E-state index contributed by atoms with van der Waals surface area (Å²) in [7, 11) is 0. The summed E-state index contributed by atoms with van der Waals surface area (Å²) >= 11 is 0. The molecule has 3 rings (SSSR count). The molecule has 1 heteroatoms. The zero-order chi connectivity index (χ0) is 7.26. The summed E-state index contributed by atoms with van der Waals surface area (Å²) in [5.41, 5.74) is 0. The lowest BCUT2D eigenvalue weighted by Crippen LogP contribution is -2.48. The molecular weight excluding hydrogens is 134 g/mol. The van der Waals surface area contributed by atoms with Crippen molar-refractivity contribution in [1.29, 1.82) is 0 Å². The number of hydrogen-bond donors (Lipinski definition) is 1. The van der Waals surface area contributed by atoms with E-state index in [1.165, 1.54) is 25.7 Å². The van der Waals surface area contributed by atoms with Gasteiger partial charge in [0.1, 0.15) is 0 Å². The highest BCUT2D eigenvalue weighted by Crippen LogP contribution is 2.43. The van der Waals surface area contributed by atoms with Gasteiger partial charge in [-0.05, 0) is 37.5 Å². The standard InChI is InChI=1S/C10H15N/c1-2-7-6-10(9(7)3-1)11-8-4-5-8/h1-2,7-11H,3-6H2/t7?,9-,10+/m1/s1. The average Bonchev–Trinajstić information content (AvgIpc) is 2.71. The first-order valence-electron chi connectivity index (χ1n) is 4.86. The van der Waals surface area contributed by atoms with E-state index in [0.717, 1.165) is 23.9 Å². The molecule has 0 spiro atoms. The van der Waals surface area contributed by atoms with Gasteiger partial charge in [0.15, 0.2) is 0 Å². The number of hydrogen-bond acceptors (Lipinski definition) is 1. The molecule has 0 aromatic rings. The van der Waals surface area contributed by atoms with Crippen LogP contribution in [-0.2, 0) is 0 Å². The molecule has 0 amide bonds. The molecule has 1 N–H and O–H groups in total. The predicted molar refractivity (Wildman–Crippen MR) is 45.3 cm³/mol. The van der Waals surface area contributed by atoms with E-state index in [1.54, 1.807) is 0 Å². The van der Waals surface area contributed by atoms with E-state index in [9.17, 15) is 0 Å². The van der Waals surface area contributed by atoms with Gasteiger partial charge in [0.05, 0.1) is 0 Å². The Bertz CT molecular complexity index is 193. The van der Waals surface area contributed by atoms with Crippen LogP contribution in [0.1, 0.15) is 25.7 Å². The molecule has 0 aromatic carbocycles. The fraction of sp³-hybridized carbons (Fsp3) is 0.800. The first kappa shape index (κ1) is 6.24. The highest BCUT2D eigenvalue weighted by atomic mass is 15.0. The topological polar surface area (TPSA) is 12.0 Å². The third kappa shape index (κ3) is 0.943. The lowest BCUT2D eigenvalue weighted by atomic mass is 9.71. The highest BCUT2D eigenvalue weighted by molar-refractivity contribution is 5.13. The predicted octanol–water partition coefficient (Wildman–Crippen LogP) is 1.70. The van der Waals surface area contributed by atoms with Gasteiger partial charge in [0, 0.05) is 12.1 Å². The maximum Gasteiger partial charge on any atom is 0.0112 e. The van der Waals surface area contributed by atoms with Crippen LogP contribution in [0.3, 0.4) is 0 Å². The van der Waals surface area contributed by atoms with Gasteiger partial charge in [-0.25, -0.2) is 0 Å². The first-order chi connectivity index (χ1) is 5.43. The Labute approximate surface area is 67.9 Å². The van der Waals surface area contributed by atoms with Crippen LogP contribution in [0.4, 0.5) is 0 Å². The van der Waals surface area contributed by atoms with Crippen LogP contribution in [0.5, 0.6) is 0 Å². The van der Waals surface area contributed by atoms with Crippen molar-refractivity contribution in [3.63, 3.8) is 0 Å². The molecule has 0 saturated heterocycles. The molecule has 1 nitrogen and oxygen atoms in total. The molecule has 3 aliphatic carbocycles. The Kier molecular flexibility index (Phi) is 1.19. The fourth-order valence-corrected chi connectivity index (χ4v) is 2.46. The maximum absolute atomic E-state index is 3.72. The fourth-order valence-electron chi connectivity index (χ4n) is 2.46. The van der Waals surface area contributed by atoms with Gasteiger partial charge in [-0.15, -0.1) is 0 Å². The van der Waals surface area contributed by atoms with Gasteiger partial charge in [0.2, 0.25) is 0 Å². The van der Waals surface area contributed by atoms with Gasteiger partial charge in [0.25, 0.3) is 0 Å². The van der Waals surface area contributed by atoms with Crippen molar-refractivity contribution < 1.29 is 0 Å². The third-order valence-electron chi connectivity index (χ3n) is 3.41. The Hall–Kier alpha value is -0.300. The summed E-state index contributed by atoms with van der Waals surface area (Å²) in [6, 6.07) is 1.78. The molecule has 2 saturated carbocycles. The summed E-state index contributed by atoms with van der Waals surface area (Å²) in [6.45, 7) is 0. The molecule has 0 aliphatic heterocycles. The van der Waals surface area contributed by atoms with Crippen molar-refractivity contribution in [1.82, 2.24) is 5.32 Å². The quantitative estimate of drug-likeness (QED) is 0.589. The Morgan fingerprint density at radius 3 is 2.91 bits per heavy atom. The number of rotatable bonds is 2. The van der Waals surface area contributed by atoms with Crippen LogP contribution < -0.4 is 5.32 Å². The minimum absolute atomic E-state index is 0.877. The minimum Gasteiger partial charge on any atom is -0.311 e. The van der Waals surface area contributed by atoms with Crippen molar-refractivity contribution in [3.05, 3.63) is 12.2 Å². The van der Waals surface area contributed by atoms with Crippen molar-refractivity contribution in [3.8, 4) is 0 Å². The second-order valence-corrected chi connectivity index (χ2v) is 4.27. The van der Waals surface area contributed by atoms with Gasteiger partial charge in [-0.2, -0.15) is 0 Å². The second kappa shape index (κ2) is 2.10. The number of nitrogens with one attached hydrogen (secondary N) is 1. The van der Waals surface area contributed by atoms with Gasteiger partial charge < -0.3 is 5.32 Å². The van der Waals surface area contributed by atoms with E-state index in [0.29, 0.717) is 0 Å². The van der Waals surface area contributed by atoms with E-state index < -0.39 is 0 Å². The Morgan fingerprint density at radius 2 is 2.18 bits per heavy atom.